The SMILES string of the molecule is CNc1ccc(C[C@@H]2CC(=O)N(c3ccccc3)C2)nn1. The zero-order valence-electron chi connectivity index (χ0n) is 12.0. The van der Waals surface area contributed by atoms with Crippen molar-refractivity contribution in [2.45, 2.75) is 12.8 Å². The molecule has 0 bridgehead atoms. The molecule has 0 unspecified atom stereocenters. The molecule has 1 N–H and O–H groups in total. The maximum atomic E-state index is 12.2. The number of anilines is 2. The summed E-state index contributed by atoms with van der Waals surface area (Å²) in [5.74, 6) is 1.24. The van der Waals surface area contributed by atoms with E-state index in [4.69, 9.17) is 0 Å². The molecule has 1 fully saturated rings. The van der Waals surface area contributed by atoms with Crippen molar-refractivity contribution in [3.05, 3.63) is 48.2 Å². The van der Waals surface area contributed by atoms with E-state index in [1.165, 1.54) is 0 Å². The highest BCUT2D eigenvalue weighted by atomic mass is 16.2. The minimum Gasteiger partial charge on any atom is -0.372 e. The summed E-state index contributed by atoms with van der Waals surface area (Å²) in [6.45, 7) is 0.748. The standard InChI is InChI=1S/C16H18N4O/c1-17-15-8-7-13(18-19-15)9-12-10-16(21)20(11-12)14-5-3-2-4-6-14/h2-8,12H,9-11H2,1H3,(H,17,19)/t12-/m1/s1. The van der Waals surface area contributed by atoms with Crippen molar-refractivity contribution in [2.24, 2.45) is 5.92 Å². The van der Waals surface area contributed by atoms with Crippen molar-refractivity contribution in [3.8, 4) is 0 Å². The Bertz CT molecular complexity index is 612. The fraction of sp³-hybridized carbons (Fsp3) is 0.312. The van der Waals surface area contributed by atoms with E-state index in [1.54, 1.807) is 0 Å². The van der Waals surface area contributed by atoms with Crippen LogP contribution in [0.3, 0.4) is 0 Å². The van der Waals surface area contributed by atoms with Crippen LogP contribution in [0.1, 0.15) is 12.1 Å². The third-order valence-corrected chi connectivity index (χ3v) is 3.75. The molecule has 0 radical (unpaired) electrons. The number of para-hydroxylation sites is 1. The van der Waals surface area contributed by atoms with Crippen LogP contribution in [0, 0.1) is 5.92 Å². The van der Waals surface area contributed by atoms with Crippen LogP contribution in [0.4, 0.5) is 11.5 Å². The Balaban J connectivity index is 1.67. The lowest BCUT2D eigenvalue weighted by Gasteiger charge is -2.16. The number of rotatable bonds is 4. The summed E-state index contributed by atoms with van der Waals surface area (Å²) in [7, 11) is 1.82. The molecule has 1 aromatic heterocycles. The lowest BCUT2D eigenvalue weighted by Crippen LogP contribution is -2.24. The Kier molecular flexibility index (Phi) is 3.81. The van der Waals surface area contributed by atoms with E-state index >= 15 is 0 Å². The number of carbonyl (C=O) groups excluding carboxylic acids is 1. The van der Waals surface area contributed by atoms with Gasteiger partial charge in [-0.1, -0.05) is 18.2 Å². The second kappa shape index (κ2) is 5.91. The molecule has 2 heterocycles. The van der Waals surface area contributed by atoms with Gasteiger partial charge in [0.1, 0.15) is 5.82 Å². The number of aromatic nitrogens is 2. The Morgan fingerprint density at radius 1 is 1.19 bits per heavy atom. The Morgan fingerprint density at radius 2 is 2.00 bits per heavy atom. The van der Waals surface area contributed by atoms with Crippen LogP contribution in [0.2, 0.25) is 0 Å². The third-order valence-electron chi connectivity index (χ3n) is 3.75. The van der Waals surface area contributed by atoms with E-state index in [-0.39, 0.29) is 5.91 Å². The number of benzene rings is 1. The fourth-order valence-corrected chi connectivity index (χ4v) is 2.67. The zero-order valence-corrected chi connectivity index (χ0v) is 12.0. The molecule has 1 atom stereocenters. The molecule has 21 heavy (non-hydrogen) atoms. The molecule has 0 aliphatic carbocycles. The first-order valence-electron chi connectivity index (χ1n) is 7.12. The summed E-state index contributed by atoms with van der Waals surface area (Å²) < 4.78 is 0. The predicted octanol–water partition coefficient (Wildman–Crippen LogP) is 2.11. The summed E-state index contributed by atoms with van der Waals surface area (Å²) in [5.41, 5.74) is 1.91. The highest BCUT2D eigenvalue weighted by Crippen LogP contribution is 2.26. The van der Waals surface area contributed by atoms with Crippen LogP contribution in [0.25, 0.3) is 0 Å². The first-order chi connectivity index (χ1) is 10.3. The summed E-state index contributed by atoms with van der Waals surface area (Å²) in [6.07, 6.45) is 1.36. The lowest BCUT2D eigenvalue weighted by atomic mass is 10.0. The first kappa shape index (κ1) is 13.5. The van der Waals surface area contributed by atoms with Gasteiger partial charge in [-0.2, -0.15) is 5.10 Å². The van der Waals surface area contributed by atoms with Crippen molar-refractivity contribution < 1.29 is 4.79 Å². The summed E-state index contributed by atoms with van der Waals surface area (Å²) in [5, 5.41) is 11.2. The first-order valence-corrected chi connectivity index (χ1v) is 7.12. The molecular formula is C16H18N4O. The molecule has 5 nitrogen and oxygen atoms in total. The van der Waals surface area contributed by atoms with Crippen LogP contribution >= 0.6 is 0 Å². The predicted molar refractivity (Wildman–Crippen MR) is 82.2 cm³/mol. The molecule has 1 aromatic carbocycles. The van der Waals surface area contributed by atoms with Crippen molar-refractivity contribution >= 4 is 17.4 Å². The quantitative estimate of drug-likeness (QED) is 0.933. The number of hydrogen-bond acceptors (Lipinski definition) is 4. The highest BCUT2D eigenvalue weighted by molar-refractivity contribution is 5.95. The van der Waals surface area contributed by atoms with Crippen molar-refractivity contribution in [1.29, 1.82) is 0 Å². The second-order valence-corrected chi connectivity index (χ2v) is 5.27. The topological polar surface area (TPSA) is 58.1 Å². The van der Waals surface area contributed by atoms with Crippen LogP contribution in [-0.4, -0.2) is 29.7 Å². The molecule has 5 heteroatoms. The Labute approximate surface area is 124 Å². The maximum Gasteiger partial charge on any atom is 0.227 e. The van der Waals surface area contributed by atoms with Gasteiger partial charge in [-0.25, -0.2) is 0 Å². The van der Waals surface area contributed by atoms with Gasteiger partial charge in [0, 0.05) is 25.7 Å². The van der Waals surface area contributed by atoms with Gasteiger partial charge >= 0.3 is 0 Å². The molecule has 108 valence electrons. The smallest absolute Gasteiger partial charge is 0.227 e. The van der Waals surface area contributed by atoms with Crippen LogP contribution in [0.5, 0.6) is 0 Å². The van der Waals surface area contributed by atoms with Gasteiger partial charge in [-0.05, 0) is 36.6 Å². The van der Waals surface area contributed by atoms with Gasteiger partial charge in [0.2, 0.25) is 5.91 Å². The van der Waals surface area contributed by atoms with Gasteiger partial charge in [0.15, 0.2) is 0 Å². The van der Waals surface area contributed by atoms with Gasteiger partial charge in [-0.15, -0.1) is 5.10 Å². The minimum atomic E-state index is 0.186. The van der Waals surface area contributed by atoms with Crippen molar-refractivity contribution in [3.63, 3.8) is 0 Å². The monoisotopic (exact) mass is 282 g/mol. The van der Waals surface area contributed by atoms with E-state index in [9.17, 15) is 4.79 Å². The molecule has 0 saturated carbocycles. The largest absolute Gasteiger partial charge is 0.372 e. The summed E-state index contributed by atoms with van der Waals surface area (Å²) >= 11 is 0. The third kappa shape index (κ3) is 3.02. The Hall–Kier alpha value is -2.43. The van der Waals surface area contributed by atoms with Gasteiger partial charge in [0.05, 0.1) is 5.69 Å². The molecule has 0 spiro atoms. The number of amides is 1. The minimum absolute atomic E-state index is 0.186. The second-order valence-electron chi connectivity index (χ2n) is 5.27. The van der Waals surface area contributed by atoms with Crippen molar-refractivity contribution in [1.82, 2.24) is 10.2 Å². The summed E-state index contributed by atoms with van der Waals surface area (Å²) in [6, 6.07) is 13.7. The van der Waals surface area contributed by atoms with Gasteiger partial charge in [-0.3, -0.25) is 4.79 Å². The number of carbonyl (C=O) groups is 1. The molecule has 3 rings (SSSR count). The van der Waals surface area contributed by atoms with E-state index in [1.807, 2.05) is 54.4 Å². The van der Waals surface area contributed by atoms with E-state index in [2.05, 4.69) is 15.5 Å². The van der Waals surface area contributed by atoms with Crippen LogP contribution in [0.15, 0.2) is 42.5 Å². The average Bonchev–Trinajstić information content (AvgIpc) is 2.89. The summed E-state index contributed by atoms with van der Waals surface area (Å²) in [4.78, 5) is 14.0. The van der Waals surface area contributed by atoms with Gasteiger partial charge < -0.3 is 10.2 Å². The van der Waals surface area contributed by atoms with Gasteiger partial charge in [0.25, 0.3) is 0 Å². The normalized spacial score (nSPS) is 18.0. The molecular weight excluding hydrogens is 264 g/mol. The fourth-order valence-electron chi connectivity index (χ4n) is 2.67. The Morgan fingerprint density at radius 3 is 2.67 bits per heavy atom. The van der Waals surface area contributed by atoms with E-state index < -0.39 is 0 Å². The van der Waals surface area contributed by atoms with E-state index in [0.29, 0.717) is 12.3 Å². The molecule has 1 aliphatic rings. The molecule has 1 amide bonds. The molecule has 1 aliphatic heterocycles. The number of nitrogens with one attached hydrogen (secondary N) is 1. The number of nitrogens with zero attached hydrogens (tertiary/aromatic N) is 3. The van der Waals surface area contributed by atoms with Crippen molar-refractivity contribution in [2.75, 3.05) is 23.8 Å². The lowest BCUT2D eigenvalue weighted by molar-refractivity contribution is -0.117. The number of hydrogen-bond donors (Lipinski definition) is 1. The molecule has 1 saturated heterocycles. The van der Waals surface area contributed by atoms with Crippen LogP contribution < -0.4 is 10.2 Å². The highest BCUT2D eigenvalue weighted by Gasteiger charge is 2.30. The average molecular weight is 282 g/mol. The van der Waals surface area contributed by atoms with Crippen LogP contribution in [-0.2, 0) is 11.2 Å². The molecule has 2 aromatic rings. The zero-order chi connectivity index (χ0) is 14.7. The van der Waals surface area contributed by atoms with E-state index in [0.717, 1.165) is 30.2 Å². The maximum absolute atomic E-state index is 12.2.